The monoisotopic (exact) mass is 518 g/mol. The van der Waals surface area contributed by atoms with Crippen LogP contribution >= 0.6 is 0 Å². The van der Waals surface area contributed by atoms with E-state index in [-0.39, 0.29) is 5.91 Å². The maximum absolute atomic E-state index is 12.5. The quantitative estimate of drug-likeness (QED) is 0.419. The van der Waals surface area contributed by atoms with E-state index in [4.69, 9.17) is 4.74 Å². The molecule has 3 aromatic carbocycles. The molecule has 39 heavy (non-hydrogen) atoms. The molecule has 5 nitrogen and oxygen atoms in total. The Morgan fingerprint density at radius 1 is 0.897 bits per heavy atom. The summed E-state index contributed by atoms with van der Waals surface area (Å²) in [7, 11) is 0. The number of amides is 1. The third-order valence-corrected chi connectivity index (χ3v) is 9.46. The van der Waals surface area contributed by atoms with E-state index in [1.165, 1.54) is 80.9 Å². The summed E-state index contributed by atoms with van der Waals surface area (Å²) in [5.74, 6) is 2.15. The van der Waals surface area contributed by atoms with Gasteiger partial charge in [0.25, 0.3) is 5.91 Å². The molecular formula is C34H36N3O2+. The Hall–Kier alpha value is -3.60. The second-order valence-electron chi connectivity index (χ2n) is 11.8. The second-order valence-corrected chi connectivity index (χ2v) is 11.8. The van der Waals surface area contributed by atoms with Crippen LogP contribution in [0, 0.1) is 0 Å². The third kappa shape index (κ3) is 3.51. The molecule has 1 N–H and O–H groups in total. The van der Waals surface area contributed by atoms with Crippen molar-refractivity contribution in [3.05, 3.63) is 85.9 Å². The molecule has 5 aliphatic heterocycles. The molecule has 0 spiro atoms. The Morgan fingerprint density at radius 3 is 2.46 bits per heavy atom. The van der Waals surface area contributed by atoms with E-state index in [1.807, 2.05) is 19.1 Å². The Morgan fingerprint density at radius 2 is 1.64 bits per heavy atom. The highest BCUT2D eigenvalue weighted by atomic mass is 16.5. The first-order valence-electron chi connectivity index (χ1n) is 15.0. The lowest BCUT2D eigenvalue weighted by Gasteiger charge is -2.39. The highest BCUT2D eigenvalue weighted by molar-refractivity contribution is 5.95. The largest absolute Gasteiger partial charge is 0.455 e. The number of ether oxygens (including phenoxy) is 1. The number of carbonyl (C=O) groups is 1. The van der Waals surface area contributed by atoms with Crippen LogP contribution < -0.4 is 30.1 Å². The molecule has 0 fully saturated rings. The predicted octanol–water partition coefficient (Wildman–Crippen LogP) is 3.87. The number of hydrogen-bond acceptors (Lipinski definition) is 3. The smallest absolute Gasteiger partial charge is 0.251 e. The Kier molecular flexibility index (Phi) is 5.36. The number of nitrogens with zero attached hydrogens (tertiary/aromatic N) is 2. The third-order valence-electron chi connectivity index (χ3n) is 9.46. The van der Waals surface area contributed by atoms with E-state index >= 15 is 0 Å². The standard InChI is InChI=1S/C34H35N3O2/c1-2-35-34(38)22-13-11-21(12-14-22)29-27-19-23-7-3-15-36-17-5-9-25(30(23)36)32(27)39-33-26-10-6-18-37-16-4-8-24(31(26)37)20-28(29)33/h11-14,19-20H,2-10,15-18H2,1H3/p+1. The highest BCUT2D eigenvalue weighted by Gasteiger charge is 2.35. The molecule has 8 rings (SSSR count). The number of benzene rings is 3. The van der Waals surface area contributed by atoms with Crippen LogP contribution in [-0.4, -0.2) is 38.6 Å². The molecule has 0 aliphatic carbocycles. The van der Waals surface area contributed by atoms with Crippen molar-refractivity contribution in [1.82, 2.24) is 9.89 Å². The van der Waals surface area contributed by atoms with E-state index < -0.39 is 0 Å². The molecule has 1 amide bonds. The zero-order valence-electron chi connectivity index (χ0n) is 22.9. The summed E-state index contributed by atoms with van der Waals surface area (Å²) in [6, 6.07) is 13.1. The molecule has 0 radical (unpaired) electrons. The first-order chi connectivity index (χ1) is 19.2. The summed E-state index contributed by atoms with van der Waals surface area (Å²) in [5, 5.41) is 5.63. The van der Waals surface area contributed by atoms with Crippen molar-refractivity contribution in [3.63, 3.8) is 0 Å². The maximum Gasteiger partial charge on any atom is 0.251 e. The average Bonchev–Trinajstić information content (AvgIpc) is 2.97. The molecule has 5 aliphatic rings. The lowest BCUT2D eigenvalue weighted by molar-refractivity contribution is 0.0956. The lowest BCUT2D eigenvalue weighted by Crippen LogP contribution is -2.45. The lowest BCUT2D eigenvalue weighted by atomic mass is 9.82. The van der Waals surface area contributed by atoms with Gasteiger partial charge in [0.2, 0.25) is 5.36 Å². The fourth-order valence-corrected chi connectivity index (χ4v) is 7.88. The number of aryl methyl sites for hydroxylation is 2. The van der Waals surface area contributed by atoms with Gasteiger partial charge in [-0.15, -0.1) is 0 Å². The first-order valence-corrected chi connectivity index (χ1v) is 15.0. The summed E-state index contributed by atoms with van der Waals surface area (Å²) < 4.78 is 9.73. The SMILES string of the molecule is CCNC(=O)c1ccc(C2=c3cc4c5c(c3Oc3c2cc2c6c3CCCN6CCC2)CCC[N+]=5CCC4)cc1. The van der Waals surface area contributed by atoms with Gasteiger partial charge in [-0.25, -0.2) is 4.58 Å². The van der Waals surface area contributed by atoms with Gasteiger partial charge in [-0.2, -0.15) is 0 Å². The molecule has 0 aromatic heterocycles. The van der Waals surface area contributed by atoms with Gasteiger partial charge in [-0.05, 0) is 80.8 Å². The van der Waals surface area contributed by atoms with Crippen LogP contribution in [0.25, 0.3) is 5.57 Å². The first kappa shape index (κ1) is 23.3. The van der Waals surface area contributed by atoms with Crippen LogP contribution in [0.3, 0.4) is 0 Å². The van der Waals surface area contributed by atoms with Crippen LogP contribution in [0.5, 0.6) is 11.5 Å². The van der Waals surface area contributed by atoms with E-state index in [1.54, 1.807) is 0 Å². The summed E-state index contributed by atoms with van der Waals surface area (Å²) in [6.07, 6.45) is 9.21. The van der Waals surface area contributed by atoms with Gasteiger partial charge in [0.1, 0.15) is 24.6 Å². The molecular weight excluding hydrogens is 482 g/mol. The van der Waals surface area contributed by atoms with Gasteiger partial charge in [-0.3, -0.25) is 4.79 Å². The molecule has 0 unspecified atom stereocenters. The van der Waals surface area contributed by atoms with Crippen LogP contribution in [0.2, 0.25) is 0 Å². The van der Waals surface area contributed by atoms with Crippen molar-refractivity contribution in [2.75, 3.05) is 37.6 Å². The number of carbonyl (C=O) groups excluding carboxylic acids is 1. The van der Waals surface area contributed by atoms with Gasteiger partial charge in [0, 0.05) is 71.2 Å². The predicted molar refractivity (Wildman–Crippen MR) is 155 cm³/mol. The van der Waals surface area contributed by atoms with Crippen LogP contribution in [-0.2, 0) is 25.7 Å². The number of nitrogens with one attached hydrogen (secondary N) is 1. The highest BCUT2D eigenvalue weighted by Crippen LogP contribution is 2.48. The van der Waals surface area contributed by atoms with Crippen molar-refractivity contribution in [3.8, 4) is 11.5 Å². The number of fused-ring (bicyclic) bond motifs is 4. The van der Waals surface area contributed by atoms with Crippen molar-refractivity contribution in [2.24, 2.45) is 0 Å². The van der Waals surface area contributed by atoms with E-state index in [9.17, 15) is 4.79 Å². The Balaban J connectivity index is 1.44. The fraction of sp³-hybridized carbons (Fsp3) is 0.412. The number of hydrogen-bond donors (Lipinski definition) is 1. The van der Waals surface area contributed by atoms with Gasteiger partial charge in [0.05, 0.1) is 5.56 Å². The van der Waals surface area contributed by atoms with Gasteiger partial charge in [-0.1, -0.05) is 12.1 Å². The molecule has 0 saturated carbocycles. The molecule has 5 heterocycles. The van der Waals surface area contributed by atoms with Crippen molar-refractivity contribution < 1.29 is 9.53 Å². The summed E-state index contributed by atoms with van der Waals surface area (Å²) in [5.41, 5.74) is 11.6. The van der Waals surface area contributed by atoms with Crippen molar-refractivity contribution in [1.29, 1.82) is 0 Å². The van der Waals surface area contributed by atoms with Gasteiger partial charge in [0.15, 0.2) is 0 Å². The molecule has 5 heteroatoms. The molecule has 198 valence electrons. The van der Waals surface area contributed by atoms with Gasteiger partial charge < -0.3 is 15.0 Å². The second kappa shape index (κ2) is 8.97. The molecule has 3 aromatic rings. The van der Waals surface area contributed by atoms with E-state index in [2.05, 4.69) is 39.1 Å². The summed E-state index contributed by atoms with van der Waals surface area (Å²) in [4.78, 5) is 15.2. The Bertz CT molecular complexity index is 1660. The maximum atomic E-state index is 12.5. The molecule has 0 saturated heterocycles. The molecule has 0 atom stereocenters. The number of rotatable bonds is 3. The minimum absolute atomic E-state index is 0.0148. The Labute approximate surface area is 229 Å². The summed E-state index contributed by atoms with van der Waals surface area (Å²) in [6.45, 7) is 7.20. The van der Waals surface area contributed by atoms with Crippen molar-refractivity contribution >= 4 is 17.2 Å². The van der Waals surface area contributed by atoms with E-state index in [0.717, 1.165) is 63.4 Å². The normalized spacial score (nSPS) is 18.4. The average molecular weight is 519 g/mol. The number of anilines is 1. The fourth-order valence-electron chi connectivity index (χ4n) is 7.88. The minimum atomic E-state index is -0.0148. The topological polar surface area (TPSA) is 44.6 Å². The zero-order valence-corrected chi connectivity index (χ0v) is 22.9. The molecule has 0 bridgehead atoms. The zero-order chi connectivity index (χ0) is 26.1. The van der Waals surface area contributed by atoms with Crippen molar-refractivity contribution in [2.45, 2.75) is 58.3 Å². The van der Waals surface area contributed by atoms with E-state index in [0.29, 0.717) is 12.1 Å². The minimum Gasteiger partial charge on any atom is -0.455 e. The van der Waals surface area contributed by atoms with Crippen LogP contribution in [0.15, 0.2) is 36.4 Å². The summed E-state index contributed by atoms with van der Waals surface area (Å²) >= 11 is 0. The van der Waals surface area contributed by atoms with Crippen LogP contribution in [0.1, 0.15) is 76.3 Å². The van der Waals surface area contributed by atoms with Gasteiger partial charge >= 0.3 is 0 Å². The van der Waals surface area contributed by atoms with Crippen LogP contribution in [0.4, 0.5) is 5.69 Å².